The first-order valence-corrected chi connectivity index (χ1v) is 15.3. The molecule has 0 fully saturated rings. The minimum Gasteiger partial charge on any atom is -0.496 e. The number of rotatable bonds is 9. The van der Waals surface area contributed by atoms with Crippen molar-refractivity contribution in [1.82, 2.24) is 4.57 Å². The number of nitro benzene ring substituents is 1. The SMILES string of the molecule is CCOC(=O)C1=C(C)N=c2s/c(=C/c3cccc(OCc4ccc([N+](=O)[O-])cc4)c3)c(=O)n2[C@H]1c1c(OC)ccc2ccccc12. The molecule has 0 radical (unpaired) electrons. The van der Waals surface area contributed by atoms with Crippen LogP contribution in [0.5, 0.6) is 11.5 Å². The highest BCUT2D eigenvalue weighted by Gasteiger charge is 2.36. The summed E-state index contributed by atoms with van der Waals surface area (Å²) in [5, 5.41) is 12.7. The Morgan fingerprint density at radius 1 is 1.07 bits per heavy atom. The molecule has 1 aliphatic heterocycles. The van der Waals surface area contributed by atoms with Crippen LogP contribution in [0.2, 0.25) is 0 Å². The first-order chi connectivity index (χ1) is 22.3. The fourth-order valence-corrected chi connectivity index (χ4v) is 6.57. The van der Waals surface area contributed by atoms with Crippen molar-refractivity contribution in [3.8, 4) is 11.5 Å². The molecule has 0 saturated carbocycles. The maximum absolute atomic E-state index is 14.2. The number of aromatic nitrogens is 1. The number of thiazole rings is 1. The number of carbonyl (C=O) groups excluding carboxylic acids is 1. The van der Waals surface area contributed by atoms with Gasteiger partial charge in [0.15, 0.2) is 4.80 Å². The van der Waals surface area contributed by atoms with Gasteiger partial charge in [-0.2, -0.15) is 0 Å². The fourth-order valence-electron chi connectivity index (χ4n) is 5.53. The van der Waals surface area contributed by atoms with Crippen LogP contribution >= 0.6 is 11.3 Å². The molecule has 5 aromatic rings. The first-order valence-electron chi connectivity index (χ1n) is 14.5. The molecule has 46 heavy (non-hydrogen) atoms. The van der Waals surface area contributed by atoms with Gasteiger partial charge in [0.05, 0.1) is 34.4 Å². The van der Waals surface area contributed by atoms with Gasteiger partial charge in [-0.1, -0.05) is 53.8 Å². The standard InChI is InChI=1S/C35H29N3O7S/c1-4-44-34(40)30-21(2)36-35-37(32(30)31-27-11-6-5-9-24(27)14-17-28(31)43-3)33(39)29(46-35)19-23-8-7-10-26(18-23)45-20-22-12-15-25(16-13-22)38(41)42/h5-19,32H,4,20H2,1-3H3/b29-19+/t32-/m1/s1. The summed E-state index contributed by atoms with van der Waals surface area (Å²) in [5.41, 5.74) is 2.62. The Bertz CT molecular complexity index is 2200. The number of esters is 1. The van der Waals surface area contributed by atoms with E-state index < -0.39 is 16.9 Å². The third-order valence-corrected chi connectivity index (χ3v) is 8.63. The normalized spacial score (nSPS) is 14.5. The Balaban J connectivity index is 1.43. The number of ether oxygens (including phenoxy) is 3. The summed E-state index contributed by atoms with van der Waals surface area (Å²) in [4.78, 5) is 43.3. The van der Waals surface area contributed by atoms with E-state index in [4.69, 9.17) is 19.2 Å². The van der Waals surface area contributed by atoms with E-state index in [1.807, 2.05) is 54.6 Å². The van der Waals surface area contributed by atoms with Crippen molar-refractivity contribution in [2.75, 3.05) is 13.7 Å². The molecule has 0 spiro atoms. The Labute approximate surface area is 267 Å². The van der Waals surface area contributed by atoms with Crippen LogP contribution in [-0.2, 0) is 16.1 Å². The number of non-ortho nitro benzene ring substituents is 1. The molecule has 6 rings (SSSR count). The molecule has 4 aromatic carbocycles. The number of carbonyl (C=O) groups is 1. The van der Waals surface area contributed by atoms with Gasteiger partial charge in [0.25, 0.3) is 11.2 Å². The lowest BCUT2D eigenvalue weighted by Crippen LogP contribution is -2.40. The monoisotopic (exact) mass is 635 g/mol. The Morgan fingerprint density at radius 2 is 1.85 bits per heavy atom. The molecular formula is C35H29N3O7S. The van der Waals surface area contributed by atoms with E-state index in [2.05, 4.69) is 0 Å². The molecule has 1 aliphatic rings. The van der Waals surface area contributed by atoms with Gasteiger partial charge in [-0.3, -0.25) is 19.5 Å². The predicted octanol–water partition coefficient (Wildman–Crippen LogP) is 5.45. The van der Waals surface area contributed by atoms with Crippen LogP contribution in [0.25, 0.3) is 16.8 Å². The highest BCUT2D eigenvalue weighted by atomic mass is 32.1. The van der Waals surface area contributed by atoms with Crippen molar-refractivity contribution in [1.29, 1.82) is 0 Å². The molecule has 0 amide bonds. The highest BCUT2D eigenvalue weighted by Crippen LogP contribution is 2.40. The number of methoxy groups -OCH3 is 1. The number of hydrogen-bond acceptors (Lipinski definition) is 9. The number of nitro groups is 1. The lowest BCUT2D eigenvalue weighted by atomic mass is 9.90. The average molecular weight is 636 g/mol. The number of nitrogens with zero attached hydrogens (tertiary/aromatic N) is 3. The zero-order chi connectivity index (χ0) is 32.4. The first kappa shape index (κ1) is 30.5. The van der Waals surface area contributed by atoms with Gasteiger partial charge in [0.2, 0.25) is 0 Å². The zero-order valence-corrected chi connectivity index (χ0v) is 26.1. The summed E-state index contributed by atoms with van der Waals surface area (Å²) in [6, 6.07) is 24.2. The predicted molar refractivity (Wildman–Crippen MR) is 175 cm³/mol. The van der Waals surface area contributed by atoms with Crippen molar-refractivity contribution in [3.63, 3.8) is 0 Å². The van der Waals surface area contributed by atoms with Crippen LogP contribution < -0.4 is 24.4 Å². The van der Waals surface area contributed by atoms with Crippen molar-refractivity contribution >= 4 is 39.8 Å². The summed E-state index contributed by atoms with van der Waals surface area (Å²) in [6.45, 7) is 3.87. The largest absolute Gasteiger partial charge is 0.496 e. The fraction of sp³-hybridized carbons (Fsp3) is 0.171. The van der Waals surface area contributed by atoms with E-state index in [1.54, 1.807) is 49.8 Å². The van der Waals surface area contributed by atoms with Gasteiger partial charge < -0.3 is 14.2 Å². The summed E-state index contributed by atoms with van der Waals surface area (Å²) in [5.74, 6) is 0.558. The molecule has 11 heteroatoms. The van der Waals surface area contributed by atoms with Crippen LogP contribution in [0.15, 0.2) is 106 Å². The highest BCUT2D eigenvalue weighted by molar-refractivity contribution is 7.07. The number of fused-ring (bicyclic) bond motifs is 2. The summed E-state index contributed by atoms with van der Waals surface area (Å²) in [7, 11) is 1.56. The van der Waals surface area contributed by atoms with Crippen LogP contribution in [0.4, 0.5) is 5.69 Å². The van der Waals surface area contributed by atoms with E-state index >= 15 is 0 Å². The van der Waals surface area contributed by atoms with E-state index in [9.17, 15) is 19.7 Å². The smallest absolute Gasteiger partial charge is 0.338 e. The van der Waals surface area contributed by atoms with Gasteiger partial charge in [0, 0.05) is 17.7 Å². The maximum atomic E-state index is 14.2. The van der Waals surface area contributed by atoms with E-state index in [0.717, 1.165) is 21.9 Å². The van der Waals surface area contributed by atoms with Crippen LogP contribution in [0, 0.1) is 10.1 Å². The van der Waals surface area contributed by atoms with Gasteiger partial charge >= 0.3 is 5.97 Å². The van der Waals surface area contributed by atoms with Gasteiger partial charge in [0.1, 0.15) is 24.1 Å². The second-order valence-corrected chi connectivity index (χ2v) is 11.5. The maximum Gasteiger partial charge on any atom is 0.338 e. The number of benzene rings is 4. The molecule has 0 N–H and O–H groups in total. The molecule has 0 bridgehead atoms. The van der Waals surface area contributed by atoms with E-state index in [1.165, 1.54) is 23.5 Å². The molecular weight excluding hydrogens is 606 g/mol. The van der Waals surface area contributed by atoms with Crippen molar-refractivity contribution < 1.29 is 23.9 Å². The third-order valence-electron chi connectivity index (χ3n) is 7.65. The zero-order valence-electron chi connectivity index (χ0n) is 25.3. The lowest BCUT2D eigenvalue weighted by Gasteiger charge is -2.27. The van der Waals surface area contributed by atoms with E-state index in [0.29, 0.717) is 32.1 Å². The number of hydrogen-bond donors (Lipinski definition) is 0. The summed E-state index contributed by atoms with van der Waals surface area (Å²) < 4.78 is 19.2. The van der Waals surface area contributed by atoms with Crippen LogP contribution in [0.1, 0.15) is 36.6 Å². The molecule has 0 unspecified atom stereocenters. The Morgan fingerprint density at radius 3 is 2.59 bits per heavy atom. The molecule has 232 valence electrons. The second-order valence-electron chi connectivity index (χ2n) is 10.5. The molecule has 1 aromatic heterocycles. The molecule has 2 heterocycles. The van der Waals surface area contributed by atoms with Gasteiger partial charge in [-0.05, 0) is 72.2 Å². The van der Waals surface area contributed by atoms with Gasteiger partial charge in [-0.25, -0.2) is 9.79 Å². The van der Waals surface area contributed by atoms with Crippen molar-refractivity contribution in [3.05, 3.63) is 143 Å². The molecule has 0 aliphatic carbocycles. The summed E-state index contributed by atoms with van der Waals surface area (Å²) >= 11 is 1.23. The third kappa shape index (κ3) is 5.80. The second kappa shape index (κ2) is 12.8. The molecule has 1 atom stereocenters. The number of allylic oxidation sites excluding steroid dienone is 1. The lowest BCUT2D eigenvalue weighted by molar-refractivity contribution is -0.384. The molecule has 0 saturated heterocycles. The topological polar surface area (TPSA) is 122 Å². The minimum absolute atomic E-state index is 0.0120. The summed E-state index contributed by atoms with van der Waals surface area (Å²) in [6.07, 6.45) is 1.77. The Kier molecular flexibility index (Phi) is 8.49. The van der Waals surface area contributed by atoms with Gasteiger partial charge in [-0.15, -0.1) is 0 Å². The van der Waals surface area contributed by atoms with Crippen molar-refractivity contribution in [2.45, 2.75) is 26.5 Å². The Hall–Kier alpha value is -5.55. The van der Waals surface area contributed by atoms with Crippen LogP contribution in [0.3, 0.4) is 0 Å². The minimum atomic E-state index is -0.838. The average Bonchev–Trinajstić information content (AvgIpc) is 3.36. The van der Waals surface area contributed by atoms with E-state index in [-0.39, 0.29) is 30.0 Å². The van der Waals surface area contributed by atoms with Crippen LogP contribution in [-0.4, -0.2) is 29.2 Å². The molecule has 10 nitrogen and oxygen atoms in total. The quantitative estimate of drug-likeness (QED) is 0.120. The van der Waals surface area contributed by atoms with Crippen molar-refractivity contribution in [2.24, 2.45) is 4.99 Å².